The van der Waals surface area contributed by atoms with Gasteiger partial charge in [0.1, 0.15) is 17.1 Å². The van der Waals surface area contributed by atoms with Crippen molar-refractivity contribution in [2.75, 3.05) is 7.11 Å². The molecule has 2 aromatic carbocycles. The van der Waals surface area contributed by atoms with E-state index in [-0.39, 0.29) is 16.9 Å². The van der Waals surface area contributed by atoms with E-state index in [9.17, 15) is 9.18 Å². The Labute approximate surface area is 189 Å². The van der Waals surface area contributed by atoms with Crippen LogP contribution in [0.5, 0.6) is 5.75 Å². The van der Waals surface area contributed by atoms with Crippen LogP contribution < -0.4 is 10.3 Å². The number of benzene rings is 2. The van der Waals surface area contributed by atoms with Crippen molar-refractivity contribution in [3.05, 3.63) is 88.2 Å². The predicted molar refractivity (Wildman–Crippen MR) is 124 cm³/mol. The van der Waals surface area contributed by atoms with E-state index in [1.807, 2.05) is 37.3 Å². The molecule has 0 aliphatic heterocycles. The normalized spacial score (nSPS) is 11.4. The standard InChI is InChI=1S/C25H22FN5O2/c1-3-20-22(17-6-8-18(26)9-7-17)24-28-27-23-21(31(24)29-20)13-15-30(25(23)32)14-12-16-4-10-19(33-2)11-5-16/h4-11,13,15H,3,12,14H2,1-2H3. The highest BCUT2D eigenvalue weighted by Gasteiger charge is 2.18. The smallest absolute Gasteiger partial charge is 0.280 e. The van der Waals surface area contributed by atoms with E-state index in [1.54, 1.807) is 34.5 Å². The van der Waals surface area contributed by atoms with Crippen LogP contribution in [-0.2, 0) is 19.4 Å². The number of ether oxygens (including phenoxy) is 1. The number of aromatic nitrogens is 5. The van der Waals surface area contributed by atoms with Gasteiger partial charge in [-0.2, -0.15) is 5.10 Å². The molecule has 0 fully saturated rings. The van der Waals surface area contributed by atoms with Gasteiger partial charge in [-0.1, -0.05) is 31.2 Å². The number of hydrogen-bond acceptors (Lipinski definition) is 5. The summed E-state index contributed by atoms with van der Waals surface area (Å²) in [7, 11) is 1.63. The van der Waals surface area contributed by atoms with Crippen molar-refractivity contribution in [3.63, 3.8) is 0 Å². The summed E-state index contributed by atoms with van der Waals surface area (Å²) in [4.78, 5) is 13.1. The van der Waals surface area contributed by atoms with Gasteiger partial charge in [0, 0.05) is 12.7 Å². The van der Waals surface area contributed by atoms with E-state index in [2.05, 4.69) is 10.2 Å². The summed E-state index contributed by atoms with van der Waals surface area (Å²) in [6.45, 7) is 2.51. The van der Waals surface area contributed by atoms with E-state index in [4.69, 9.17) is 9.84 Å². The highest BCUT2D eigenvalue weighted by atomic mass is 19.1. The fourth-order valence-corrected chi connectivity index (χ4v) is 4.01. The van der Waals surface area contributed by atoms with Gasteiger partial charge in [0.25, 0.3) is 5.56 Å². The Morgan fingerprint density at radius 2 is 1.76 bits per heavy atom. The molecule has 0 amide bonds. The van der Waals surface area contributed by atoms with Crippen molar-refractivity contribution in [1.29, 1.82) is 0 Å². The Hall–Kier alpha value is -4.07. The molecule has 5 aromatic rings. The number of nitrogens with zero attached hydrogens (tertiary/aromatic N) is 5. The van der Waals surface area contributed by atoms with Crippen LogP contribution in [0.25, 0.3) is 27.8 Å². The summed E-state index contributed by atoms with van der Waals surface area (Å²) in [5.74, 6) is 0.492. The van der Waals surface area contributed by atoms with Gasteiger partial charge in [0.05, 0.1) is 18.4 Å². The summed E-state index contributed by atoms with van der Waals surface area (Å²) < 4.78 is 21.9. The van der Waals surface area contributed by atoms with Crippen LogP contribution in [0.2, 0.25) is 0 Å². The Bertz CT molecular complexity index is 1510. The first kappa shape index (κ1) is 20.8. The minimum Gasteiger partial charge on any atom is -0.497 e. The zero-order chi connectivity index (χ0) is 22.9. The summed E-state index contributed by atoms with van der Waals surface area (Å²) >= 11 is 0. The predicted octanol–water partition coefficient (Wildman–Crippen LogP) is 4.06. The van der Waals surface area contributed by atoms with Gasteiger partial charge in [-0.3, -0.25) is 4.79 Å². The Morgan fingerprint density at radius 3 is 2.45 bits per heavy atom. The van der Waals surface area contributed by atoms with Crippen LogP contribution in [0.15, 0.2) is 65.6 Å². The number of methoxy groups -OCH3 is 1. The van der Waals surface area contributed by atoms with Crippen molar-refractivity contribution < 1.29 is 9.13 Å². The van der Waals surface area contributed by atoms with E-state index in [0.29, 0.717) is 30.6 Å². The quantitative estimate of drug-likeness (QED) is 0.396. The van der Waals surface area contributed by atoms with E-state index >= 15 is 0 Å². The van der Waals surface area contributed by atoms with E-state index < -0.39 is 0 Å². The minimum absolute atomic E-state index is 0.215. The van der Waals surface area contributed by atoms with Gasteiger partial charge in [-0.25, -0.2) is 8.91 Å². The maximum absolute atomic E-state index is 13.4. The number of fused-ring (bicyclic) bond motifs is 3. The lowest BCUT2D eigenvalue weighted by molar-refractivity contribution is 0.414. The first-order chi connectivity index (χ1) is 16.1. The molecule has 0 unspecified atom stereocenters. The molecule has 33 heavy (non-hydrogen) atoms. The second-order valence-electron chi connectivity index (χ2n) is 7.76. The number of aryl methyl sites for hydroxylation is 3. The average Bonchev–Trinajstić information content (AvgIpc) is 3.23. The van der Waals surface area contributed by atoms with Crippen molar-refractivity contribution in [1.82, 2.24) is 24.4 Å². The summed E-state index contributed by atoms with van der Waals surface area (Å²) in [6.07, 6.45) is 3.12. The average molecular weight is 443 g/mol. The molecule has 0 aliphatic rings. The molecule has 0 N–H and O–H groups in total. The van der Waals surface area contributed by atoms with Gasteiger partial charge in [-0.15, -0.1) is 10.2 Å². The van der Waals surface area contributed by atoms with Crippen LogP contribution in [0, 0.1) is 5.82 Å². The lowest BCUT2D eigenvalue weighted by atomic mass is 10.0. The summed E-state index contributed by atoms with van der Waals surface area (Å²) in [6, 6.07) is 15.9. The Morgan fingerprint density at radius 1 is 1.00 bits per heavy atom. The first-order valence-electron chi connectivity index (χ1n) is 10.8. The minimum atomic E-state index is -0.306. The van der Waals surface area contributed by atoms with Crippen LogP contribution in [-0.4, -0.2) is 31.5 Å². The molecule has 0 atom stereocenters. The molecule has 5 rings (SSSR count). The van der Waals surface area contributed by atoms with E-state index in [1.165, 1.54) is 12.1 Å². The number of rotatable bonds is 6. The van der Waals surface area contributed by atoms with Crippen molar-refractivity contribution >= 4 is 16.7 Å². The third kappa shape index (κ3) is 3.73. The molecule has 0 saturated heterocycles. The van der Waals surface area contributed by atoms with Gasteiger partial charge in [0.15, 0.2) is 11.2 Å². The molecule has 0 spiro atoms. The maximum atomic E-state index is 13.4. The molecule has 166 valence electrons. The summed E-state index contributed by atoms with van der Waals surface area (Å²) in [5.41, 5.74) is 4.71. The van der Waals surface area contributed by atoms with Crippen molar-refractivity contribution in [2.45, 2.75) is 26.3 Å². The molecular formula is C25H22FN5O2. The molecular weight excluding hydrogens is 421 g/mol. The molecule has 0 saturated carbocycles. The van der Waals surface area contributed by atoms with Crippen LogP contribution in [0.1, 0.15) is 18.2 Å². The van der Waals surface area contributed by atoms with Crippen molar-refractivity contribution in [2.24, 2.45) is 0 Å². The second kappa shape index (κ2) is 8.46. The number of hydrogen-bond donors (Lipinski definition) is 0. The number of pyridine rings is 1. The van der Waals surface area contributed by atoms with Gasteiger partial charge in [-0.05, 0) is 54.3 Å². The lowest BCUT2D eigenvalue weighted by Gasteiger charge is -2.08. The second-order valence-corrected chi connectivity index (χ2v) is 7.76. The molecule has 8 heteroatoms. The highest BCUT2D eigenvalue weighted by Crippen LogP contribution is 2.29. The topological polar surface area (TPSA) is 74.3 Å². The molecule has 3 aromatic heterocycles. The lowest BCUT2D eigenvalue weighted by Crippen LogP contribution is -2.22. The fourth-order valence-electron chi connectivity index (χ4n) is 4.01. The van der Waals surface area contributed by atoms with Crippen LogP contribution in [0.3, 0.4) is 0 Å². The van der Waals surface area contributed by atoms with Crippen molar-refractivity contribution in [3.8, 4) is 16.9 Å². The first-order valence-corrected chi connectivity index (χ1v) is 10.8. The monoisotopic (exact) mass is 443 g/mol. The molecule has 7 nitrogen and oxygen atoms in total. The van der Waals surface area contributed by atoms with Crippen LogP contribution in [0.4, 0.5) is 4.39 Å². The molecule has 0 radical (unpaired) electrons. The molecule has 3 heterocycles. The Kier molecular flexibility index (Phi) is 5.34. The largest absolute Gasteiger partial charge is 0.497 e. The van der Waals surface area contributed by atoms with Gasteiger partial charge >= 0.3 is 0 Å². The SMILES string of the molecule is CCc1nn2c(nnc3c(=O)n(CCc4ccc(OC)cc4)ccc32)c1-c1ccc(F)cc1. The zero-order valence-corrected chi connectivity index (χ0v) is 18.3. The molecule has 0 aliphatic carbocycles. The fraction of sp³-hybridized carbons (Fsp3) is 0.200. The molecule has 0 bridgehead atoms. The zero-order valence-electron chi connectivity index (χ0n) is 18.3. The van der Waals surface area contributed by atoms with Gasteiger partial charge < -0.3 is 9.30 Å². The Balaban J connectivity index is 1.54. The number of halogens is 1. The highest BCUT2D eigenvalue weighted by molar-refractivity contribution is 5.84. The summed E-state index contributed by atoms with van der Waals surface area (Å²) in [5, 5.41) is 13.3. The van der Waals surface area contributed by atoms with Crippen LogP contribution >= 0.6 is 0 Å². The third-order valence-corrected chi connectivity index (χ3v) is 5.79. The third-order valence-electron chi connectivity index (χ3n) is 5.79. The maximum Gasteiger partial charge on any atom is 0.280 e. The van der Waals surface area contributed by atoms with Gasteiger partial charge in [0.2, 0.25) is 0 Å². The van der Waals surface area contributed by atoms with E-state index in [0.717, 1.165) is 28.1 Å².